The van der Waals surface area contributed by atoms with Gasteiger partial charge in [-0.3, -0.25) is 4.79 Å². The fourth-order valence-electron chi connectivity index (χ4n) is 0.556. The van der Waals surface area contributed by atoms with E-state index in [9.17, 15) is 9.59 Å². The second kappa shape index (κ2) is 4.54. The van der Waals surface area contributed by atoms with Crippen LogP contribution < -0.4 is 5.32 Å². The van der Waals surface area contributed by atoms with Gasteiger partial charge >= 0.3 is 5.97 Å². The molecule has 12 heavy (non-hydrogen) atoms. The molecule has 0 aromatic heterocycles. The predicted molar refractivity (Wildman–Crippen MR) is 44.4 cm³/mol. The Bertz CT molecular complexity index is 210. The third kappa shape index (κ3) is 3.18. The van der Waals surface area contributed by atoms with Crippen LogP contribution in [0, 0.1) is 0 Å². The van der Waals surface area contributed by atoms with Gasteiger partial charge in [0.05, 0.1) is 7.11 Å². The molecule has 4 nitrogen and oxygen atoms in total. The molecular formula is C8H13NO3. The summed E-state index contributed by atoms with van der Waals surface area (Å²) >= 11 is 0. The summed E-state index contributed by atoms with van der Waals surface area (Å²) in [7, 11) is 1.27. The minimum absolute atomic E-state index is 0.340. The average Bonchev–Trinajstić information content (AvgIpc) is 2.02. The van der Waals surface area contributed by atoms with Gasteiger partial charge in [0, 0.05) is 5.57 Å². The minimum atomic E-state index is -0.626. The van der Waals surface area contributed by atoms with Crippen molar-refractivity contribution in [1.82, 2.24) is 5.32 Å². The Morgan fingerprint density at radius 2 is 2.00 bits per heavy atom. The van der Waals surface area contributed by atoms with Gasteiger partial charge in [0.25, 0.3) is 0 Å². The Balaban J connectivity index is 4.01. The number of hydrogen-bond acceptors (Lipinski definition) is 3. The van der Waals surface area contributed by atoms with Gasteiger partial charge in [0.1, 0.15) is 6.04 Å². The van der Waals surface area contributed by atoms with Crippen molar-refractivity contribution >= 4 is 11.9 Å². The number of carbonyl (C=O) groups excluding carboxylic acids is 2. The molecule has 1 N–H and O–H groups in total. The Labute approximate surface area is 71.6 Å². The van der Waals surface area contributed by atoms with E-state index in [4.69, 9.17) is 0 Å². The molecule has 0 aliphatic rings. The van der Waals surface area contributed by atoms with Crippen molar-refractivity contribution in [3.8, 4) is 0 Å². The van der Waals surface area contributed by atoms with Crippen molar-refractivity contribution in [2.75, 3.05) is 7.11 Å². The monoisotopic (exact) mass is 171 g/mol. The summed E-state index contributed by atoms with van der Waals surface area (Å²) in [5, 5.41) is 2.42. The summed E-state index contributed by atoms with van der Waals surface area (Å²) < 4.78 is 4.41. The lowest BCUT2D eigenvalue weighted by Crippen LogP contribution is -2.39. The highest BCUT2D eigenvalue weighted by Crippen LogP contribution is 1.90. The van der Waals surface area contributed by atoms with Gasteiger partial charge in [0.2, 0.25) is 5.91 Å². The molecule has 0 spiro atoms. The number of amides is 1. The maximum absolute atomic E-state index is 11.0. The first-order valence-corrected chi connectivity index (χ1v) is 3.53. The van der Waals surface area contributed by atoms with Crippen molar-refractivity contribution < 1.29 is 14.3 Å². The van der Waals surface area contributed by atoms with Crippen LogP contribution in [-0.4, -0.2) is 25.0 Å². The fraction of sp³-hybridized carbons (Fsp3) is 0.500. The van der Waals surface area contributed by atoms with Crippen LogP contribution in [0.1, 0.15) is 13.8 Å². The Morgan fingerprint density at radius 3 is 2.33 bits per heavy atom. The molecule has 0 aromatic carbocycles. The number of rotatable bonds is 3. The van der Waals surface area contributed by atoms with Crippen molar-refractivity contribution in [1.29, 1.82) is 0 Å². The molecule has 0 aliphatic carbocycles. The molecule has 4 heteroatoms. The average molecular weight is 171 g/mol. The SMILES string of the molecule is C=C(C)C(=O)N[C@H](C)C(=O)OC. The molecule has 0 unspecified atom stereocenters. The van der Waals surface area contributed by atoms with Crippen molar-refractivity contribution in [2.24, 2.45) is 0 Å². The van der Waals surface area contributed by atoms with Gasteiger partial charge in [-0.2, -0.15) is 0 Å². The van der Waals surface area contributed by atoms with Crippen LogP contribution in [0.25, 0.3) is 0 Å². The van der Waals surface area contributed by atoms with Crippen LogP contribution >= 0.6 is 0 Å². The summed E-state index contributed by atoms with van der Waals surface area (Å²) in [6.07, 6.45) is 0. The summed E-state index contributed by atoms with van der Waals surface area (Å²) in [5.41, 5.74) is 0.366. The molecule has 1 atom stereocenters. The van der Waals surface area contributed by atoms with E-state index in [1.165, 1.54) is 7.11 Å². The van der Waals surface area contributed by atoms with Crippen LogP contribution in [-0.2, 0) is 14.3 Å². The lowest BCUT2D eigenvalue weighted by Gasteiger charge is -2.10. The van der Waals surface area contributed by atoms with Crippen LogP contribution in [0.3, 0.4) is 0 Å². The zero-order valence-electron chi connectivity index (χ0n) is 7.51. The third-order valence-corrected chi connectivity index (χ3v) is 1.29. The molecule has 0 rings (SSSR count). The number of esters is 1. The maximum Gasteiger partial charge on any atom is 0.328 e. The lowest BCUT2D eigenvalue weighted by molar-refractivity contribution is -0.144. The van der Waals surface area contributed by atoms with Crippen molar-refractivity contribution in [3.05, 3.63) is 12.2 Å². The number of ether oxygens (including phenoxy) is 1. The standard InChI is InChI=1S/C8H13NO3/c1-5(2)7(10)9-6(3)8(11)12-4/h6H,1H2,2-4H3,(H,9,10)/t6-/m1/s1. The predicted octanol–water partition coefficient (Wildman–Crippen LogP) is 0.240. The Morgan fingerprint density at radius 1 is 1.50 bits per heavy atom. The van der Waals surface area contributed by atoms with E-state index < -0.39 is 12.0 Å². The quantitative estimate of drug-likeness (QED) is 0.489. The highest BCUT2D eigenvalue weighted by molar-refractivity contribution is 5.94. The molecule has 0 fully saturated rings. The zero-order chi connectivity index (χ0) is 9.72. The van der Waals surface area contributed by atoms with E-state index >= 15 is 0 Å². The van der Waals surface area contributed by atoms with Gasteiger partial charge < -0.3 is 10.1 Å². The smallest absolute Gasteiger partial charge is 0.328 e. The minimum Gasteiger partial charge on any atom is -0.467 e. The highest BCUT2D eigenvalue weighted by atomic mass is 16.5. The van der Waals surface area contributed by atoms with Crippen molar-refractivity contribution in [3.63, 3.8) is 0 Å². The molecule has 0 aromatic rings. The largest absolute Gasteiger partial charge is 0.467 e. The van der Waals surface area contributed by atoms with Crippen LogP contribution in [0.2, 0.25) is 0 Å². The van der Waals surface area contributed by atoms with E-state index in [-0.39, 0.29) is 5.91 Å². The van der Waals surface area contributed by atoms with Gasteiger partial charge in [-0.1, -0.05) is 6.58 Å². The van der Waals surface area contributed by atoms with E-state index in [1.807, 2.05) is 0 Å². The fourth-order valence-corrected chi connectivity index (χ4v) is 0.556. The third-order valence-electron chi connectivity index (χ3n) is 1.29. The molecular weight excluding hydrogens is 158 g/mol. The number of methoxy groups -OCH3 is 1. The molecule has 0 aliphatic heterocycles. The van der Waals surface area contributed by atoms with E-state index in [0.717, 1.165) is 0 Å². The molecule has 68 valence electrons. The topological polar surface area (TPSA) is 55.4 Å². The van der Waals surface area contributed by atoms with Crippen LogP contribution in [0.4, 0.5) is 0 Å². The summed E-state index contributed by atoms with van der Waals surface area (Å²) in [4.78, 5) is 21.8. The van der Waals surface area contributed by atoms with Gasteiger partial charge in [-0.15, -0.1) is 0 Å². The Hall–Kier alpha value is -1.32. The molecule has 1 amide bonds. The van der Waals surface area contributed by atoms with Gasteiger partial charge in [-0.05, 0) is 13.8 Å². The second-order valence-electron chi connectivity index (χ2n) is 2.50. The molecule has 0 bridgehead atoms. The van der Waals surface area contributed by atoms with E-state index in [1.54, 1.807) is 13.8 Å². The van der Waals surface area contributed by atoms with Crippen LogP contribution in [0.5, 0.6) is 0 Å². The number of hydrogen-bond donors (Lipinski definition) is 1. The first kappa shape index (κ1) is 10.7. The number of carbonyl (C=O) groups is 2. The highest BCUT2D eigenvalue weighted by Gasteiger charge is 2.15. The maximum atomic E-state index is 11.0. The number of nitrogens with one attached hydrogen (secondary N) is 1. The summed E-state index contributed by atoms with van der Waals surface area (Å²) in [6.45, 7) is 6.55. The van der Waals surface area contributed by atoms with Gasteiger partial charge in [0.15, 0.2) is 0 Å². The van der Waals surface area contributed by atoms with Crippen LogP contribution in [0.15, 0.2) is 12.2 Å². The molecule has 0 saturated carbocycles. The molecule has 0 radical (unpaired) electrons. The summed E-state index contributed by atoms with van der Waals surface area (Å²) in [6, 6.07) is -0.626. The van der Waals surface area contributed by atoms with Crippen molar-refractivity contribution in [2.45, 2.75) is 19.9 Å². The van der Waals surface area contributed by atoms with E-state index in [2.05, 4.69) is 16.6 Å². The lowest BCUT2D eigenvalue weighted by atomic mass is 10.3. The molecule has 0 saturated heterocycles. The summed E-state index contributed by atoms with van der Waals surface area (Å²) in [5.74, 6) is -0.808. The molecule has 0 heterocycles. The second-order valence-corrected chi connectivity index (χ2v) is 2.50. The van der Waals surface area contributed by atoms with Gasteiger partial charge in [-0.25, -0.2) is 4.79 Å². The van der Waals surface area contributed by atoms with E-state index in [0.29, 0.717) is 5.57 Å². The normalized spacial score (nSPS) is 11.6. The zero-order valence-corrected chi connectivity index (χ0v) is 7.51. The first-order valence-electron chi connectivity index (χ1n) is 3.53. The first-order chi connectivity index (χ1) is 5.49. The Kier molecular flexibility index (Phi) is 4.04.